The molecule has 0 aromatic heterocycles. The molecule has 4 heteroatoms. The van der Waals surface area contributed by atoms with Crippen LogP contribution in [0.3, 0.4) is 0 Å². The first-order chi connectivity index (χ1) is 11.7. The van der Waals surface area contributed by atoms with Crippen LogP contribution in [-0.2, 0) is 0 Å². The van der Waals surface area contributed by atoms with Crippen LogP contribution in [0.2, 0.25) is 0 Å². The molecule has 0 unspecified atom stereocenters. The fourth-order valence-electron chi connectivity index (χ4n) is 2.21. The highest BCUT2D eigenvalue weighted by molar-refractivity contribution is 6.09. The van der Waals surface area contributed by atoms with Crippen molar-refractivity contribution in [3.63, 3.8) is 0 Å². The predicted molar refractivity (Wildman–Crippen MR) is 94.4 cm³/mol. The van der Waals surface area contributed by atoms with Gasteiger partial charge in [-0.1, -0.05) is 13.8 Å². The van der Waals surface area contributed by atoms with E-state index in [4.69, 9.17) is 14.2 Å². The standard InChI is InChI=1S/C20H24O4/c1-4-12-23-18-11-8-16(14-19(18)24-13-5-2)20(21)15-6-9-17(22-3)10-7-15/h6-11,14H,4-5,12-13H2,1-3H3. The van der Waals surface area contributed by atoms with E-state index in [9.17, 15) is 4.79 Å². The molecule has 0 saturated heterocycles. The SMILES string of the molecule is CCCOc1ccc(C(=O)c2ccc(OC)cc2)cc1OCCC. The molecule has 0 fully saturated rings. The lowest BCUT2D eigenvalue weighted by atomic mass is 10.0. The third-order valence-electron chi connectivity index (χ3n) is 3.48. The highest BCUT2D eigenvalue weighted by Crippen LogP contribution is 2.30. The average molecular weight is 328 g/mol. The topological polar surface area (TPSA) is 44.8 Å². The van der Waals surface area contributed by atoms with Gasteiger partial charge in [-0.25, -0.2) is 0 Å². The van der Waals surface area contributed by atoms with Gasteiger partial charge < -0.3 is 14.2 Å². The van der Waals surface area contributed by atoms with Gasteiger partial charge in [0.2, 0.25) is 0 Å². The first-order valence-electron chi connectivity index (χ1n) is 8.28. The van der Waals surface area contributed by atoms with E-state index >= 15 is 0 Å². The summed E-state index contributed by atoms with van der Waals surface area (Å²) < 4.78 is 16.6. The Balaban J connectivity index is 2.25. The molecular weight excluding hydrogens is 304 g/mol. The van der Waals surface area contributed by atoms with E-state index in [2.05, 4.69) is 0 Å². The van der Waals surface area contributed by atoms with Gasteiger partial charge in [0.05, 0.1) is 20.3 Å². The molecule has 128 valence electrons. The summed E-state index contributed by atoms with van der Waals surface area (Å²) >= 11 is 0. The maximum absolute atomic E-state index is 12.7. The zero-order valence-corrected chi connectivity index (χ0v) is 14.5. The highest BCUT2D eigenvalue weighted by atomic mass is 16.5. The van der Waals surface area contributed by atoms with Gasteiger partial charge in [-0.05, 0) is 55.3 Å². The lowest BCUT2D eigenvalue weighted by Gasteiger charge is -2.13. The zero-order valence-electron chi connectivity index (χ0n) is 14.5. The van der Waals surface area contributed by atoms with Crippen LogP contribution in [0.5, 0.6) is 17.2 Å². The molecule has 0 N–H and O–H groups in total. The Bertz CT molecular complexity index is 662. The second-order valence-corrected chi connectivity index (χ2v) is 5.42. The molecule has 2 aromatic carbocycles. The van der Waals surface area contributed by atoms with E-state index in [1.807, 2.05) is 13.8 Å². The molecule has 0 aliphatic heterocycles. The van der Waals surface area contributed by atoms with Crippen LogP contribution in [0.1, 0.15) is 42.6 Å². The number of hydrogen-bond donors (Lipinski definition) is 0. The first kappa shape index (κ1) is 17.9. The fraction of sp³-hybridized carbons (Fsp3) is 0.350. The molecule has 0 saturated carbocycles. The molecule has 2 aromatic rings. The van der Waals surface area contributed by atoms with Crippen LogP contribution in [0.4, 0.5) is 0 Å². The van der Waals surface area contributed by atoms with Crippen LogP contribution in [-0.4, -0.2) is 26.1 Å². The monoisotopic (exact) mass is 328 g/mol. The van der Waals surface area contributed by atoms with Crippen molar-refractivity contribution in [3.8, 4) is 17.2 Å². The second-order valence-electron chi connectivity index (χ2n) is 5.42. The van der Waals surface area contributed by atoms with E-state index in [0.717, 1.165) is 18.6 Å². The van der Waals surface area contributed by atoms with E-state index < -0.39 is 0 Å². The van der Waals surface area contributed by atoms with E-state index in [0.29, 0.717) is 35.8 Å². The molecule has 2 rings (SSSR count). The van der Waals surface area contributed by atoms with E-state index in [1.54, 1.807) is 49.6 Å². The van der Waals surface area contributed by atoms with E-state index in [-0.39, 0.29) is 5.78 Å². The van der Waals surface area contributed by atoms with Crippen LogP contribution >= 0.6 is 0 Å². The minimum absolute atomic E-state index is 0.0546. The summed E-state index contributed by atoms with van der Waals surface area (Å²) in [5, 5.41) is 0. The summed E-state index contributed by atoms with van der Waals surface area (Å²) in [5.41, 5.74) is 1.19. The van der Waals surface area contributed by atoms with Crippen molar-refractivity contribution < 1.29 is 19.0 Å². The molecule has 0 aliphatic carbocycles. The Kier molecular flexibility index (Phi) is 6.67. The highest BCUT2D eigenvalue weighted by Gasteiger charge is 2.13. The molecule has 0 radical (unpaired) electrons. The van der Waals surface area contributed by atoms with Crippen molar-refractivity contribution in [1.82, 2.24) is 0 Å². The summed E-state index contributed by atoms with van der Waals surface area (Å²) in [6.07, 6.45) is 1.81. The smallest absolute Gasteiger partial charge is 0.193 e. The molecule has 24 heavy (non-hydrogen) atoms. The summed E-state index contributed by atoms with van der Waals surface area (Å²) in [4.78, 5) is 12.7. The van der Waals surface area contributed by atoms with Crippen LogP contribution in [0, 0.1) is 0 Å². The van der Waals surface area contributed by atoms with Gasteiger partial charge in [0.1, 0.15) is 5.75 Å². The normalized spacial score (nSPS) is 10.3. The molecule has 0 atom stereocenters. The minimum atomic E-state index is -0.0546. The maximum Gasteiger partial charge on any atom is 0.193 e. The van der Waals surface area contributed by atoms with Crippen molar-refractivity contribution in [3.05, 3.63) is 53.6 Å². The van der Waals surface area contributed by atoms with E-state index in [1.165, 1.54) is 0 Å². The number of carbonyl (C=O) groups is 1. The van der Waals surface area contributed by atoms with Gasteiger partial charge in [0.25, 0.3) is 0 Å². The summed E-state index contributed by atoms with van der Waals surface area (Å²) in [5.74, 6) is 1.96. The predicted octanol–water partition coefficient (Wildman–Crippen LogP) is 4.50. The Morgan fingerprint density at radius 3 is 2.00 bits per heavy atom. The molecule has 0 bridgehead atoms. The van der Waals surface area contributed by atoms with Gasteiger partial charge in [0.15, 0.2) is 17.3 Å². The minimum Gasteiger partial charge on any atom is -0.497 e. The van der Waals surface area contributed by atoms with Crippen molar-refractivity contribution >= 4 is 5.78 Å². The number of ketones is 1. The molecule has 0 aliphatic rings. The van der Waals surface area contributed by atoms with Crippen molar-refractivity contribution in [2.45, 2.75) is 26.7 Å². The number of benzene rings is 2. The lowest BCUT2D eigenvalue weighted by molar-refractivity contribution is 0.103. The Morgan fingerprint density at radius 1 is 0.833 bits per heavy atom. The molecule has 4 nitrogen and oxygen atoms in total. The van der Waals surface area contributed by atoms with Gasteiger partial charge in [0, 0.05) is 11.1 Å². The van der Waals surface area contributed by atoms with Gasteiger partial charge in [-0.2, -0.15) is 0 Å². The fourth-order valence-corrected chi connectivity index (χ4v) is 2.21. The van der Waals surface area contributed by atoms with Crippen LogP contribution < -0.4 is 14.2 Å². The van der Waals surface area contributed by atoms with Gasteiger partial charge >= 0.3 is 0 Å². The van der Waals surface area contributed by atoms with Crippen molar-refractivity contribution in [2.24, 2.45) is 0 Å². The summed E-state index contributed by atoms with van der Waals surface area (Å²) in [7, 11) is 1.60. The van der Waals surface area contributed by atoms with Crippen molar-refractivity contribution in [2.75, 3.05) is 20.3 Å². The quantitative estimate of drug-likeness (QED) is 0.636. The third kappa shape index (κ3) is 4.51. The Morgan fingerprint density at radius 2 is 1.42 bits per heavy atom. The molecule has 0 spiro atoms. The van der Waals surface area contributed by atoms with Crippen LogP contribution in [0.15, 0.2) is 42.5 Å². The lowest BCUT2D eigenvalue weighted by Crippen LogP contribution is -2.05. The van der Waals surface area contributed by atoms with Crippen molar-refractivity contribution in [1.29, 1.82) is 0 Å². The number of rotatable bonds is 9. The molecule has 0 heterocycles. The largest absolute Gasteiger partial charge is 0.497 e. The zero-order chi connectivity index (χ0) is 17.4. The first-order valence-corrected chi connectivity index (χ1v) is 8.28. The summed E-state index contributed by atoms with van der Waals surface area (Å²) in [6.45, 7) is 5.30. The third-order valence-corrected chi connectivity index (χ3v) is 3.48. The number of ether oxygens (including phenoxy) is 3. The number of carbonyl (C=O) groups excluding carboxylic acids is 1. The Labute approximate surface area is 143 Å². The number of methoxy groups -OCH3 is 1. The molecule has 0 amide bonds. The Hall–Kier alpha value is -2.49. The summed E-state index contributed by atoms with van der Waals surface area (Å²) in [6, 6.07) is 12.4. The second kappa shape index (κ2) is 8.96. The van der Waals surface area contributed by atoms with Gasteiger partial charge in [-0.3, -0.25) is 4.79 Å². The number of hydrogen-bond acceptors (Lipinski definition) is 4. The van der Waals surface area contributed by atoms with Crippen LogP contribution in [0.25, 0.3) is 0 Å². The maximum atomic E-state index is 12.7. The molecular formula is C20H24O4. The average Bonchev–Trinajstić information content (AvgIpc) is 2.64. The van der Waals surface area contributed by atoms with Gasteiger partial charge in [-0.15, -0.1) is 0 Å².